The second-order valence-corrected chi connectivity index (χ2v) is 5.54. The van der Waals surface area contributed by atoms with E-state index in [2.05, 4.69) is 0 Å². The summed E-state index contributed by atoms with van der Waals surface area (Å²) in [6.07, 6.45) is 6.77. The van der Waals surface area contributed by atoms with Crippen LogP contribution in [0.1, 0.15) is 60.0 Å². The second-order valence-electron chi connectivity index (χ2n) is 5.54. The van der Waals surface area contributed by atoms with Crippen molar-refractivity contribution in [3.63, 3.8) is 0 Å². The average molecular weight is 248 g/mol. The fourth-order valence-electron chi connectivity index (χ4n) is 2.89. The Hall–Kier alpha value is -1.18. The van der Waals surface area contributed by atoms with Crippen molar-refractivity contribution in [3.8, 4) is 0 Å². The third kappa shape index (κ3) is 2.98. The minimum atomic E-state index is -0.192. The molecule has 0 bridgehead atoms. The Morgan fingerprint density at radius 1 is 1.22 bits per heavy atom. The zero-order valence-corrected chi connectivity index (χ0v) is 11.3. The van der Waals surface area contributed by atoms with Gasteiger partial charge in [0.25, 0.3) is 0 Å². The van der Waals surface area contributed by atoms with Crippen LogP contribution in [0.25, 0.3) is 0 Å². The molecule has 18 heavy (non-hydrogen) atoms. The minimum absolute atomic E-state index is 0.160. The third-order valence-electron chi connectivity index (χ3n) is 4.01. The molecule has 0 saturated heterocycles. The first kappa shape index (κ1) is 13.3. The van der Waals surface area contributed by atoms with Crippen LogP contribution in [-0.2, 0) is 0 Å². The lowest BCUT2D eigenvalue weighted by molar-refractivity contribution is 0.0973. The summed E-state index contributed by atoms with van der Waals surface area (Å²) >= 11 is 0. The molecule has 0 amide bonds. The summed E-state index contributed by atoms with van der Waals surface area (Å²) in [5, 5.41) is 0. The molecule has 0 aromatic heterocycles. The van der Waals surface area contributed by atoms with Crippen molar-refractivity contribution < 1.29 is 9.18 Å². The monoisotopic (exact) mass is 248 g/mol. The predicted molar refractivity (Wildman–Crippen MR) is 71.4 cm³/mol. The molecule has 1 nitrogen and oxygen atoms in total. The van der Waals surface area contributed by atoms with Gasteiger partial charge >= 0.3 is 0 Å². The van der Waals surface area contributed by atoms with Crippen LogP contribution in [0.2, 0.25) is 0 Å². The highest BCUT2D eigenvalue weighted by atomic mass is 19.1. The van der Waals surface area contributed by atoms with E-state index in [0.717, 1.165) is 12.3 Å². The summed E-state index contributed by atoms with van der Waals surface area (Å²) in [6, 6.07) is 3.36. The average Bonchev–Trinajstić information content (AvgIpc) is 2.85. The molecular formula is C16H21FO. The molecule has 2 rings (SSSR count). The van der Waals surface area contributed by atoms with Gasteiger partial charge in [0.2, 0.25) is 0 Å². The molecule has 1 aromatic carbocycles. The summed E-state index contributed by atoms with van der Waals surface area (Å²) in [5.41, 5.74) is 1.81. The number of hydrogen-bond acceptors (Lipinski definition) is 1. The Labute approximate surface area is 108 Å². The molecule has 1 aromatic rings. The number of carbonyl (C=O) groups excluding carboxylic acids is 1. The Morgan fingerprint density at radius 3 is 2.33 bits per heavy atom. The van der Waals surface area contributed by atoms with E-state index in [1.807, 2.05) is 0 Å². The van der Waals surface area contributed by atoms with Gasteiger partial charge in [0, 0.05) is 12.0 Å². The maximum atomic E-state index is 13.5. The molecular weight excluding hydrogens is 227 g/mol. The maximum absolute atomic E-state index is 13.5. The molecule has 1 aliphatic rings. The molecule has 98 valence electrons. The zero-order valence-electron chi connectivity index (χ0n) is 11.3. The molecule has 1 fully saturated rings. The van der Waals surface area contributed by atoms with Crippen molar-refractivity contribution in [1.82, 2.24) is 0 Å². The molecule has 0 unspecified atom stereocenters. The summed E-state index contributed by atoms with van der Waals surface area (Å²) in [4.78, 5) is 12.1. The number of benzene rings is 1. The number of carbonyl (C=O) groups is 1. The van der Waals surface area contributed by atoms with E-state index in [-0.39, 0.29) is 11.6 Å². The number of ketones is 1. The molecule has 0 atom stereocenters. The summed E-state index contributed by atoms with van der Waals surface area (Å²) in [6.45, 7) is 3.44. The Kier molecular flexibility index (Phi) is 4.15. The Bertz CT molecular complexity index is 421. The lowest BCUT2D eigenvalue weighted by Crippen LogP contribution is -2.04. The first-order valence-electron chi connectivity index (χ1n) is 6.88. The molecule has 2 heteroatoms. The number of aryl methyl sites for hydroxylation is 2. The number of Topliss-reactive ketones (excluding diaryl/α,β-unsaturated/α-hetero) is 1. The van der Waals surface area contributed by atoms with Crippen molar-refractivity contribution >= 4 is 5.78 Å². The maximum Gasteiger partial charge on any atom is 0.162 e. The lowest BCUT2D eigenvalue weighted by Gasteiger charge is -2.09. The van der Waals surface area contributed by atoms with Gasteiger partial charge < -0.3 is 0 Å². The van der Waals surface area contributed by atoms with Gasteiger partial charge in [-0.3, -0.25) is 4.79 Å². The van der Waals surface area contributed by atoms with Gasteiger partial charge in [-0.1, -0.05) is 25.7 Å². The second kappa shape index (κ2) is 5.64. The molecule has 0 spiro atoms. The van der Waals surface area contributed by atoms with E-state index >= 15 is 0 Å². The van der Waals surface area contributed by atoms with Crippen LogP contribution >= 0.6 is 0 Å². The lowest BCUT2D eigenvalue weighted by atomic mass is 9.96. The van der Waals surface area contributed by atoms with Gasteiger partial charge in [0.1, 0.15) is 5.82 Å². The number of hydrogen-bond donors (Lipinski definition) is 0. The normalized spacial score (nSPS) is 16.2. The van der Waals surface area contributed by atoms with Crippen LogP contribution in [0.3, 0.4) is 0 Å². The molecule has 1 saturated carbocycles. The standard InChI is InChI=1S/C16H21FO/c1-11-9-14(10-12(2)16(11)17)15(18)8-7-13-5-3-4-6-13/h9-10,13H,3-8H2,1-2H3. The van der Waals surface area contributed by atoms with E-state index in [9.17, 15) is 9.18 Å². The van der Waals surface area contributed by atoms with Gasteiger partial charge in [-0.05, 0) is 49.4 Å². The van der Waals surface area contributed by atoms with Gasteiger partial charge in [-0.15, -0.1) is 0 Å². The summed E-state index contributed by atoms with van der Waals surface area (Å²) < 4.78 is 13.5. The van der Waals surface area contributed by atoms with E-state index in [4.69, 9.17) is 0 Å². The van der Waals surface area contributed by atoms with E-state index in [1.54, 1.807) is 26.0 Å². The van der Waals surface area contributed by atoms with Crippen LogP contribution in [0, 0.1) is 25.6 Å². The molecule has 0 aliphatic heterocycles. The van der Waals surface area contributed by atoms with E-state index in [0.29, 0.717) is 23.1 Å². The van der Waals surface area contributed by atoms with Crippen LogP contribution in [-0.4, -0.2) is 5.78 Å². The quantitative estimate of drug-likeness (QED) is 0.712. The molecule has 0 radical (unpaired) electrons. The zero-order chi connectivity index (χ0) is 13.1. The van der Waals surface area contributed by atoms with Crippen LogP contribution < -0.4 is 0 Å². The van der Waals surface area contributed by atoms with E-state index < -0.39 is 0 Å². The highest BCUT2D eigenvalue weighted by molar-refractivity contribution is 5.96. The van der Waals surface area contributed by atoms with Crippen molar-refractivity contribution in [3.05, 3.63) is 34.6 Å². The van der Waals surface area contributed by atoms with Crippen LogP contribution in [0.15, 0.2) is 12.1 Å². The highest BCUT2D eigenvalue weighted by Crippen LogP contribution is 2.29. The van der Waals surface area contributed by atoms with Crippen molar-refractivity contribution in [1.29, 1.82) is 0 Å². The predicted octanol–water partition coefficient (Wildman–Crippen LogP) is 4.60. The number of rotatable bonds is 4. The smallest absolute Gasteiger partial charge is 0.162 e. The van der Waals surface area contributed by atoms with Crippen molar-refractivity contribution in [2.24, 2.45) is 5.92 Å². The first-order valence-corrected chi connectivity index (χ1v) is 6.88. The molecule has 0 heterocycles. The summed E-state index contributed by atoms with van der Waals surface area (Å²) in [7, 11) is 0. The minimum Gasteiger partial charge on any atom is -0.294 e. The van der Waals surface area contributed by atoms with Gasteiger partial charge in [0.15, 0.2) is 5.78 Å². The Morgan fingerprint density at radius 2 is 1.78 bits per heavy atom. The first-order chi connectivity index (χ1) is 8.58. The highest BCUT2D eigenvalue weighted by Gasteiger charge is 2.17. The SMILES string of the molecule is Cc1cc(C(=O)CCC2CCCC2)cc(C)c1F. The van der Waals surface area contributed by atoms with Gasteiger partial charge in [-0.2, -0.15) is 0 Å². The van der Waals surface area contributed by atoms with Crippen LogP contribution in [0.4, 0.5) is 4.39 Å². The number of halogens is 1. The fraction of sp³-hybridized carbons (Fsp3) is 0.562. The summed E-state index contributed by atoms with van der Waals surface area (Å²) in [5.74, 6) is 0.701. The topological polar surface area (TPSA) is 17.1 Å². The fourth-order valence-corrected chi connectivity index (χ4v) is 2.89. The van der Waals surface area contributed by atoms with Gasteiger partial charge in [0.05, 0.1) is 0 Å². The van der Waals surface area contributed by atoms with Crippen molar-refractivity contribution in [2.75, 3.05) is 0 Å². The Balaban J connectivity index is 2.00. The third-order valence-corrected chi connectivity index (χ3v) is 4.01. The van der Waals surface area contributed by atoms with Crippen LogP contribution in [0.5, 0.6) is 0 Å². The van der Waals surface area contributed by atoms with Gasteiger partial charge in [-0.25, -0.2) is 4.39 Å². The van der Waals surface area contributed by atoms with E-state index in [1.165, 1.54) is 25.7 Å². The molecule has 0 N–H and O–H groups in total. The van der Waals surface area contributed by atoms with Crippen molar-refractivity contribution in [2.45, 2.75) is 52.4 Å². The largest absolute Gasteiger partial charge is 0.294 e. The molecule has 1 aliphatic carbocycles.